The van der Waals surface area contributed by atoms with Crippen molar-refractivity contribution in [3.63, 3.8) is 0 Å². The lowest BCUT2D eigenvalue weighted by Gasteiger charge is -2.36. The third kappa shape index (κ3) is 6.91. The average molecular weight is 410 g/mol. The molecule has 26 heavy (non-hydrogen) atoms. The molecule has 8 heteroatoms. The fraction of sp³-hybridized carbons (Fsp3) is 0.611. The summed E-state index contributed by atoms with van der Waals surface area (Å²) in [5.74, 6) is 0.367. The number of rotatable bonds is 6. The summed E-state index contributed by atoms with van der Waals surface area (Å²) in [7, 11) is 1.46. The molecule has 1 aromatic rings. The van der Waals surface area contributed by atoms with E-state index in [0.29, 0.717) is 32.0 Å². The molecule has 2 rings (SSSR count). The number of methoxy groups -OCH3 is 1. The number of carbonyl (C=O) groups excluding carboxylic acids is 1. The summed E-state index contributed by atoms with van der Waals surface area (Å²) < 4.78 is 18.7. The van der Waals surface area contributed by atoms with Crippen LogP contribution in [0.5, 0.6) is 5.75 Å². The fourth-order valence-electron chi connectivity index (χ4n) is 3.04. The molecule has 0 saturated carbocycles. The van der Waals surface area contributed by atoms with E-state index in [0.717, 1.165) is 18.7 Å². The minimum atomic E-state index is -0.410. The normalized spacial score (nSPS) is 15.8. The summed E-state index contributed by atoms with van der Waals surface area (Å²) >= 11 is 0. The molecule has 1 aromatic carbocycles. The Balaban J connectivity index is 0.00000312. The number of nitrogens with zero attached hydrogens (tertiary/aromatic N) is 2. The number of ether oxygens (including phenoxy) is 1. The smallest absolute Gasteiger partial charge is 0.239 e. The van der Waals surface area contributed by atoms with Crippen LogP contribution in [0.2, 0.25) is 0 Å². The first-order valence-corrected chi connectivity index (χ1v) is 8.50. The second-order valence-corrected chi connectivity index (χ2v) is 6.81. The number of halogens is 3. The molecule has 1 amide bonds. The number of amides is 1. The van der Waals surface area contributed by atoms with Gasteiger partial charge in [-0.1, -0.05) is 19.9 Å². The summed E-state index contributed by atoms with van der Waals surface area (Å²) in [5, 5.41) is 0. The lowest BCUT2D eigenvalue weighted by atomic mass is 10.0. The highest BCUT2D eigenvalue weighted by molar-refractivity contribution is 5.85. The number of hydrogen-bond donors (Lipinski definition) is 1. The van der Waals surface area contributed by atoms with Gasteiger partial charge in [-0.2, -0.15) is 0 Å². The standard InChI is InChI=1S/C18H28FN3O2.2ClH/c1-13(2)10-16(20)18(23)22-8-6-21(7-9-22)12-14-4-5-17(24-3)15(19)11-14;;/h4-5,11,13,16H,6-10,12,20H2,1-3H3;2*1H/t16-;;/m0../s1. The summed E-state index contributed by atoms with van der Waals surface area (Å²) in [6.07, 6.45) is 0.712. The van der Waals surface area contributed by atoms with E-state index in [4.69, 9.17) is 10.5 Å². The molecule has 0 spiro atoms. The lowest BCUT2D eigenvalue weighted by molar-refractivity contribution is -0.134. The SMILES string of the molecule is COc1ccc(CN2CCN(C(=O)[C@@H](N)CC(C)C)CC2)cc1F.Cl.Cl. The molecule has 1 fully saturated rings. The van der Waals surface area contributed by atoms with Crippen molar-refractivity contribution in [2.45, 2.75) is 32.9 Å². The van der Waals surface area contributed by atoms with E-state index in [2.05, 4.69) is 18.7 Å². The van der Waals surface area contributed by atoms with Crippen LogP contribution in [0.15, 0.2) is 18.2 Å². The molecule has 0 unspecified atom stereocenters. The highest BCUT2D eigenvalue weighted by Crippen LogP contribution is 2.19. The van der Waals surface area contributed by atoms with Crippen molar-refractivity contribution < 1.29 is 13.9 Å². The van der Waals surface area contributed by atoms with Gasteiger partial charge in [0.25, 0.3) is 0 Å². The number of piperazine rings is 1. The average Bonchev–Trinajstić information content (AvgIpc) is 2.54. The number of carbonyl (C=O) groups is 1. The Morgan fingerprint density at radius 3 is 2.35 bits per heavy atom. The van der Waals surface area contributed by atoms with Crippen molar-refractivity contribution in [3.8, 4) is 5.75 Å². The monoisotopic (exact) mass is 409 g/mol. The number of nitrogens with two attached hydrogens (primary N) is 1. The Hall–Kier alpha value is -1.08. The van der Waals surface area contributed by atoms with Crippen molar-refractivity contribution in [2.24, 2.45) is 11.7 Å². The lowest BCUT2D eigenvalue weighted by Crippen LogP contribution is -2.53. The Morgan fingerprint density at radius 1 is 1.23 bits per heavy atom. The van der Waals surface area contributed by atoms with Gasteiger partial charge in [-0.3, -0.25) is 9.69 Å². The highest BCUT2D eigenvalue weighted by Gasteiger charge is 2.25. The molecular formula is C18H30Cl2FN3O2. The van der Waals surface area contributed by atoms with Gasteiger partial charge in [0, 0.05) is 32.7 Å². The van der Waals surface area contributed by atoms with Crippen LogP contribution in [-0.2, 0) is 11.3 Å². The predicted octanol–water partition coefficient (Wildman–Crippen LogP) is 2.70. The van der Waals surface area contributed by atoms with Crippen molar-refractivity contribution in [3.05, 3.63) is 29.6 Å². The Morgan fingerprint density at radius 2 is 1.85 bits per heavy atom. The van der Waals surface area contributed by atoms with Crippen LogP contribution in [0, 0.1) is 11.7 Å². The molecule has 1 aliphatic rings. The van der Waals surface area contributed by atoms with E-state index in [9.17, 15) is 9.18 Å². The zero-order chi connectivity index (χ0) is 17.7. The summed E-state index contributed by atoms with van der Waals surface area (Å²) in [4.78, 5) is 16.4. The maximum absolute atomic E-state index is 13.8. The molecule has 2 N–H and O–H groups in total. The van der Waals surface area contributed by atoms with Crippen molar-refractivity contribution in [1.82, 2.24) is 9.80 Å². The van der Waals surface area contributed by atoms with E-state index in [1.54, 1.807) is 6.07 Å². The third-order valence-corrected chi connectivity index (χ3v) is 4.35. The maximum Gasteiger partial charge on any atom is 0.239 e. The van der Waals surface area contributed by atoms with Crippen molar-refractivity contribution in [2.75, 3.05) is 33.3 Å². The summed E-state index contributed by atoms with van der Waals surface area (Å²) in [6.45, 7) is 7.69. The number of benzene rings is 1. The van der Waals surface area contributed by atoms with Gasteiger partial charge < -0.3 is 15.4 Å². The van der Waals surface area contributed by atoms with Gasteiger partial charge in [-0.05, 0) is 30.0 Å². The van der Waals surface area contributed by atoms with E-state index >= 15 is 0 Å². The molecule has 1 aliphatic heterocycles. The molecule has 0 aromatic heterocycles. The second kappa shape index (κ2) is 11.6. The summed E-state index contributed by atoms with van der Waals surface area (Å²) in [5.41, 5.74) is 6.90. The van der Waals surface area contributed by atoms with E-state index in [1.165, 1.54) is 13.2 Å². The molecule has 1 heterocycles. The zero-order valence-corrected chi connectivity index (χ0v) is 17.2. The van der Waals surface area contributed by atoms with Gasteiger partial charge in [0.1, 0.15) is 0 Å². The van der Waals surface area contributed by atoms with Crippen LogP contribution >= 0.6 is 24.8 Å². The van der Waals surface area contributed by atoms with Gasteiger partial charge in [0.05, 0.1) is 13.2 Å². The zero-order valence-electron chi connectivity index (χ0n) is 15.6. The van der Waals surface area contributed by atoms with E-state index in [1.807, 2.05) is 11.0 Å². The van der Waals surface area contributed by atoms with Crippen LogP contribution in [-0.4, -0.2) is 55.0 Å². The molecule has 150 valence electrons. The number of hydrogen-bond acceptors (Lipinski definition) is 4. The Labute approximate surface area is 167 Å². The molecule has 1 atom stereocenters. The van der Waals surface area contributed by atoms with Gasteiger partial charge >= 0.3 is 0 Å². The van der Waals surface area contributed by atoms with Crippen molar-refractivity contribution >= 4 is 30.7 Å². The quantitative estimate of drug-likeness (QED) is 0.784. The molecule has 0 bridgehead atoms. The van der Waals surface area contributed by atoms with Crippen molar-refractivity contribution in [1.29, 1.82) is 0 Å². The molecular weight excluding hydrogens is 380 g/mol. The third-order valence-electron chi connectivity index (χ3n) is 4.35. The van der Waals surface area contributed by atoms with Gasteiger partial charge in [0.2, 0.25) is 5.91 Å². The molecule has 0 radical (unpaired) electrons. The van der Waals surface area contributed by atoms with Crippen LogP contribution in [0.25, 0.3) is 0 Å². The van der Waals surface area contributed by atoms with Crippen LogP contribution in [0.1, 0.15) is 25.8 Å². The molecule has 1 saturated heterocycles. The van der Waals surface area contributed by atoms with E-state index < -0.39 is 6.04 Å². The largest absolute Gasteiger partial charge is 0.494 e. The maximum atomic E-state index is 13.8. The first kappa shape index (κ1) is 24.9. The minimum Gasteiger partial charge on any atom is -0.494 e. The Bertz CT molecular complexity index is 567. The summed E-state index contributed by atoms with van der Waals surface area (Å²) in [6, 6.07) is 4.62. The molecule has 0 aliphatic carbocycles. The molecule has 5 nitrogen and oxygen atoms in total. The first-order valence-electron chi connectivity index (χ1n) is 8.50. The van der Waals surface area contributed by atoms with E-state index in [-0.39, 0.29) is 42.3 Å². The predicted molar refractivity (Wildman–Crippen MR) is 107 cm³/mol. The van der Waals surface area contributed by atoms with Crippen LogP contribution in [0.3, 0.4) is 0 Å². The van der Waals surface area contributed by atoms with Gasteiger partial charge in [-0.15, -0.1) is 24.8 Å². The minimum absolute atomic E-state index is 0. The van der Waals surface area contributed by atoms with Gasteiger partial charge in [-0.25, -0.2) is 4.39 Å². The van der Waals surface area contributed by atoms with Crippen LogP contribution < -0.4 is 10.5 Å². The van der Waals surface area contributed by atoms with Gasteiger partial charge in [0.15, 0.2) is 11.6 Å². The fourth-order valence-corrected chi connectivity index (χ4v) is 3.04. The topological polar surface area (TPSA) is 58.8 Å². The highest BCUT2D eigenvalue weighted by atomic mass is 35.5. The first-order chi connectivity index (χ1) is 11.4. The van der Waals surface area contributed by atoms with Crippen LogP contribution in [0.4, 0.5) is 4.39 Å². The Kier molecular flexibility index (Phi) is 11.1. The second-order valence-electron chi connectivity index (χ2n) is 6.81.